The second-order valence-corrected chi connectivity index (χ2v) is 11.1. The molecule has 0 bridgehead atoms. The van der Waals surface area contributed by atoms with Gasteiger partial charge in [-0.3, -0.25) is 14.5 Å². The molecule has 9 heteroatoms. The summed E-state index contributed by atoms with van der Waals surface area (Å²) in [6, 6.07) is 3.97. The van der Waals surface area contributed by atoms with E-state index in [4.69, 9.17) is 9.47 Å². The molecule has 0 unspecified atom stereocenters. The molecule has 1 N–H and O–H groups in total. The normalized spacial score (nSPS) is 25.7. The number of fused-ring (bicyclic) bond motifs is 4. The number of nitrogens with one attached hydrogen (secondary N) is 1. The maximum Gasteiger partial charge on any atom is 0.365 e. The van der Waals surface area contributed by atoms with E-state index in [0.29, 0.717) is 31.9 Å². The van der Waals surface area contributed by atoms with Crippen LogP contribution < -0.4 is 24.9 Å². The smallest absolute Gasteiger partial charge is 0.365 e. The van der Waals surface area contributed by atoms with E-state index in [-0.39, 0.29) is 17.9 Å². The second kappa shape index (κ2) is 9.55. The van der Waals surface area contributed by atoms with Crippen molar-refractivity contribution in [3.8, 4) is 11.5 Å². The van der Waals surface area contributed by atoms with Crippen molar-refractivity contribution in [2.75, 3.05) is 33.9 Å². The lowest BCUT2D eigenvalue weighted by Crippen LogP contribution is -3.16. The molecule has 3 aliphatic heterocycles. The number of quaternary nitrogens is 1. The molecule has 0 saturated carbocycles. The summed E-state index contributed by atoms with van der Waals surface area (Å²) in [5.74, 6) is 1.62. The van der Waals surface area contributed by atoms with Gasteiger partial charge in [-0.25, -0.2) is 9.59 Å². The van der Waals surface area contributed by atoms with Crippen LogP contribution in [-0.4, -0.2) is 70.9 Å². The summed E-state index contributed by atoms with van der Waals surface area (Å²) in [7, 11) is 5.23. The Kier molecular flexibility index (Phi) is 6.29. The quantitative estimate of drug-likeness (QED) is 0.643. The van der Waals surface area contributed by atoms with Crippen LogP contribution in [0.2, 0.25) is 0 Å². The van der Waals surface area contributed by atoms with Crippen molar-refractivity contribution in [1.82, 2.24) is 19.6 Å². The largest absolute Gasteiger partial charge is 0.497 e. The lowest BCUT2D eigenvalue weighted by atomic mass is 9.82. The number of urea groups is 1. The van der Waals surface area contributed by atoms with Gasteiger partial charge in [-0.15, -0.1) is 0 Å². The number of allylic oxidation sites excluding steroid dienone is 1. The molecular weight excluding hydrogens is 494 g/mol. The molecular formula is C30H38N5O4+. The van der Waals surface area contributed by atoms with Gasteiger partial charge in [-0.05, 0) is 31.4 Å². The standard InChI is InChI=1S/C30H37N5O4/c1-6-35-29(37)34-18-20-16-21(38-4)17-24(39-5)26(20)19(2)15-25(34)30(35)11-13-33(14-12-30)28(36)27-22-9-7-8-10-23(22)32(3)31-27/h9-10,15-17,19H,6-8,11-14,18H2,1-5H3/p+1/t19-/m0/s1. The van der Waals surface area contributed by atoms with Crippen molar-refractivity contribution in [2.45, 2.75) is 57.5 Å². The molecule has 2 aromatic rings. The first-order valence-electron chi connectivity index (χ1n) is 14.0. The fraction of sp³-hybridized carbons (Fsp3) is 0.500. The minimum Gasteiger partial charge on any atom is -0.497 e. The van der Waals surface area contributed by atoms with Crippen LogP contribution in [0, 0.1) is 0 Å². The predicted octanol–water partition coefficient (Wildman–Crippen LogP) is 1.31. The summed E-state index contributed by atoms with van der Waals surface area (Å²) in [6.45, 7) is 6.61. The number of carbonyl (C=O) groups is 2. The third-order valence-electron chi connectivity index (χ3n) is 9.11. The van der Waals surface area contributed by atoms with E-state index in [2.05, 4.69) is 30.3 Å². The topological polar surface area (TPSA) is 81.3 Å². The maximum absolute atomic E-state index is 13.9. The number of hydrogen-bond donors (Lipinski definition) is 1. The molecule has 9 nitrogen and oxygen atoms in total. The molecule has 4 heterocycles. The van der Waals surface area contributed by atoms with Crippen molar-refractivity contribution in [3.63, 3.8) is 0 Å². The number of likely N-dealkylation sites (N-methyl/N-ethyl adjacent to an activating group) is 1. The molecule has 39 heavy (non-hydrogen) atoms. The summed E-state index contributed by atoms with van der Waals surface area (Å²) in [6.07, 6.45) is 9.93. The third kappa shape index (κ3) is 3.81. The first-order chi connectivity index (χ1) is 18.8. The van der Waals surface area contributed by atoms with Crippen LogP contribution in [0.4, 0.5) is 4.79 Å². The van der Waals surface area contributed by atoms with E-state index in [1.807, 2.05) is 40.6 Å². The zero-order chi connectivity index (χ0) is 27.5. The van der Waals surface area contributed by atoms with Gasteiger partial charge in [0.15, 0.2) is 5.69 Å². The van der Waals surface area contributed by atoms with Gasteiger partial charge in [0.05, 0.1) is 44.7 Å². The van der Waals surface area contributed by atoms with Crippen molar-refractivity contribution < 1.29 is 24.0 Å². The van der Waals surface area contributed by atoms with Gasteiger partial charge in [0.25, 0.3) is 0 Å². The molecule has 1 atom stereocenters. The molecule has 1 aromatic carbocycles. The number of likely N-dealkylation sites (tertiary alicyclic amines) is 1. The van der Waals surface area contributed by atoms with E-state index >= 15 is 0 Å². The van der Waals surface area contributed by atoms with E-state index in [1.165, 1.54) is 0 Å². The molecule has 206 valence electrons. The predicted molar refractivity (Wildman–Crippen MR) is 147 cm³/mol. The average molecular weight is 533 g/mol. The number of aryl methyl sites for hydroxylation is 1. The highest BCUT2D eigenvalue weighted by atomic mass is 16.5. The average Bonchev–Trinajstić information content (AvgIpc) is 3.32. The van der Waals surface area contributed by atoms with Gasteiger partial charge in [-0.2, -0.15) is 5.10 Å². The third-order valence-corrected chi connectivity index (χ3v) is 9.11. The zero-order valence-corrected chi connectivity index (χ0v) is 23.5. The Morgan fingerprint density at radius 2 is 1.90 bits per heavy atom. The molecule has 3 amide bonds. The lowest BCUT2D eigenvalue weighted by Gasteiger charge is -2.41. The number of piperidine rings is 1. The Balaban J connectivity index is 1.33. The monoisotopic (exact) mass is 532 g/mol. The highest BCUT2D eigenvalue weighted by Gasteiger charge is 2.56. The summed E-state index contributed by atoms with van der Waals surface area (Å²) in [5.41, 5.74) is 3.34. The van der Waals surface area contributed by atoms with Gasteiger partial charge in [0.2, 0.25) is 0 Å². The number of benzene rings is 1. The van der Waals surface area contributed by atoms with Crippen molar-refractivity contribution in [1.29, 1.82) is 0 Å². The molecule has 2 fully saturated rings. The van der Waals surface area contributed by atoms with Gasteiger partial charge in [0, 0.05) is 54.9 Å². The summed E-state index contributed by atoms with van der Waals surface area (Å²) in [4.78, 5) is 32.5. The fourth-order valence-corrected chi connectivity index (χ4v) is 7.24. The van der Waals surface area contributed by atoms with Crippen LogP contribution in [0.25, 0.3) is 12.2 Å². The lowest BCUT2D eigenvalue weighted by molar-refractivity contribution is -0.822. The Hall–Kier alpha value is -3.59. The number of methoxy groups -OCH3 is 2. The number of nitrogens with zero attached hydrogens (tertiary/aromatic N) is 4. The van der Waals surface area contributed by atoms with Crippen LogP contribution in [0.15, 0.2) is 23.9 Å². The number of amides is 3. The SMILES string of the molecule is CCN1C(=O)N2Cc3cc(OC)cc(OC)c3[C@@H](C)C=C2C12CC[NH+](C(=O)c1nn(C)c3c1=CCCC=3)CC2. The Labute approximate surface area is 228 Å². The van der Waals surface area contributed by atoms with Gasteiger partial charge in [0.1, 0.15) is 11.5 Å². The molecule has 2 saturated heterocycles. The van der Waals surface area contributed by atoms with E-state index in [9.17, 15) is 9.59 Å². The van der Waals surface area contributed by atoms with Gasteiger partial charge in [-0.1, -0.05) is 25.2 Å². The summed E-state index contributed by atoms with van der Waals surface area (Å²) < 4.78 is 13.1. The number of carbonyl (C=O) groups excluding carboxylic acids is 2. The van der Waals surface area contributed by atoms with E-state index in [0.717, 1.165) is 69.5 Å². The minimum atomic E-state index is -0.424. The molecule has 4 aliphatic rings. The fourth-order valence-electron chi connectivity index (χ4n) is 7.24. The first kappa shape index (κ1) is 25.7. The van der Waals surface area contributed by atoms with Crippen LogP contribution in [0.1, 0.15) is 67.1 Å². The summed E-state index contributed by atoms with van der Waals surface area (Å²) >= 11 is 0. The first-order valence-corrected chi connectivity index (χ1v) is 14.0. The highest BCUT2D eigenvalue weighted by Crippen LogP contribution is 2.48. The zero-order valence-electron chi connectivity index (χ0n) is 23.5. The Bertz CT molecular complexity index is 1500. The van der Waals surface area contributed by atoms with Crippen LogP contribution in [0.3, 0.4) is 0 Å². The van der Waals surface area contributed by atoms with Gasteiger partial charge >= 0.3 is 11.9 Å². The van der Waals surface area contributed by atoms with E-state index in [1.54, 1.807) is 14.2 Å². The van der Waals surface area contributed by atoms with Crippen molar-refractivity contribution in [3.05, 3.63) is 51.3 Å². The molecule has 6 rings (SSSR count). The van der Waals surface area contributed by atoms with Crippen LogP contribution in [-0.2, 0) is 13.6 Å². The van der Waals surface area contributed by atoms with Crippen LogP contribution >= 0.6 is 0 Å². The highest BCUT2D eigenvalue weighted by molar-refractivity contribution is 5.86. The maximum atomic E-state index is 13.9. The van der Waals surface area contributed by atoms with Crippen molar-refractivity contribution in [2.24, 2.45) is 7.05 Å². The Morgan fingerprint density at radius 3 is 2.59 bits per heavy atom. The van der Waals surface area contributed by atoms with Crippen LogP contribution in [0.5, 0.6) is 11.5 Å². The number of aromatic nitrogens is 2. The minimum absolute atomic E-state index is 0.0318. The molecule has 1 spiro atoms. The number of hydrogen-bond acceptors (Lipinski definition) is 5. The van der Waals surface area contributed by atoms with E-state index < -0.39 is 5.54 Å². The number of rotatable bonds is 4. The summed E-state index contributed by atoms with van der Waals surface area (Å²) in [5, 5.41) is 6.63. The number of ether oxygens (including phenoxy) is 2. The molecule has 1 aromatic heterocycles. The van der Waals surface area contributed by atoms with Crippen molar-refractivity contribution >= 4 is 24.1 Å². The molecule has 1 aliphatic carbocycles. The second-order valence-electron chi connectivity index (χ2n) is 11.1. The Morgan fingerprint density at radius 1 is 1.15 bits per heavy atom. The molecule has 0 radical (unpaired) electrons. The van der Waals surface area contributed by atoms with Gasteiger partial charge < -0.3 is 14.4 Å².